The van der Waals surface area contributed by atoms with Crippen LogP contribution < -0.4 is 21.5 Å². The molecule has 5 N–H and O–H groups in total. The number of nitrogens with zero attached hydrogens (tertiary/aromatic N) is 1. The van der Waals surface area contributed by atoms with Crippen LogP contribution in [0.25, 0.3) is 0 Å². The number of benzene rings is 1. The van der Waals surface area contributed by atoms with E-state index in [0.717, 1.165) is 28.6 Å². The molecule has 0 atom stereocenters. The first-order valence-electron chi connectivity index (χ1n) is 6.67. The molecule has 116 valence electrons. The summed E-state index contributed by atoms with van der Waals surface area (Å²) >= 11 is 3.40. The van der Waals surface area contributed by atoms with Crippen LogP contribution in [0.4, 0.5) is 0 Å². The van der Waals surface area contributed by atoms with Crippen LogP contribution in [0.1, 0.15) is 18.4 Å². The lowest BCUT2D eigenvalue weighted by Crippen LogP contribution is -2.26. The third-order valence-corrected chi connectivity index (χ3v) is 3.40. The SMILES string of the molecule is COc1ccc(CC(=O)NCCCCN=C(N)N)cc1Br. The average molecular weight is 357 g/mol. The molecule has 0 aromatic heterocycles. The first-order valence-corrected chi connectivity index (χ1v) is 7.46. The van der Waals surface area contributed by atoms with Gasteiger partial charge in [-0.05, 0) is 46.5 Å². The Kier molecular flexibility index (Phi) is 7.60. The largest absolute Gasteiger partial charge is 0.496 e. The molecule has 1 aromatic rings. The van der Waals surface area contributed by atoms with Crippen molar-refractivity contribution in [3.63, 3.8) is 0 Å². The van der Waals surface area contributed by atoms with Gasteiger partial charge in [-0.25, -0.2) is 0 Å². The number of rotatable bonds is 8. The van der Waals surface area contributed by atoms with E-state index in [0.29, 0.717) is 19.5 Å². The van der Waals surface area contributed by atoms with Gasteiger partial charge < -0.3 is 21.5 Å². The smallest absolute Gasteiger partial charge is 0.224 e. The predicted molar refractivity (Wildman–Crippen MR) is 87.3 cm³/mol. The molecule has 0 heterocycles. The number of aliphatic imine (C=N–C) groups is 1. The van der Waals surface area contributed by atoms with Gasteiger partial charge in [-0.2, -0.15) is 0 Å². The van der Waals surface area contributed by atoms with E-state index in [4.69, 9.17) is 16.2 Å². The van der Waals surface area contributed by atoms with Crippen LogP contribution >= 0.6 is 15.9 Å². The fraction of sp³-hybridized carbons (Fsp3) is 0.429. The summed E-state index contributed by atoms with van der Waals surface area (Å²) in [5.74, 6) is 0.844. The van der Waals surface area contributed by atoms with Crippen molar-refractivity contribution in [2.75, 3.05) is 20.2 Å². The van der Waals surface area contributed by atoms with Crippen molar-refractivity contribution >= 4 is 27.8 Å². The van der Waals surface area contributed by atoms with Gasteiger partial charge in [0, 0.05) is 13.1 Å². The summed E-state index contributed by atoms with van der Waals surface area (Å²) < 4.78 is 5.99. The van der Waals surface area contributed by atoms with Crippen molar-refractivity contribution in [3.05, 3.63) is 28.2 Å². The highest BCUT2D eigenvalue weighted by atomic mass is 79.9. The highest BCUT2D eigenvalue weighted by Gasteiger charge is 2.06. The number of guanidine groups is 1. The third kappa shape index (κ3) is 6.99. The zero-order valence-electron chi connectivity index (χ0n) is 12.1. The van der Waals surface area contributed by atoms with Gasteiger partial charge in [0.05, 0.1) is 18.0 Å². The average Bonchev–Trinajstić information content (AvgIpc) is 2.42. The summed E-state index contributed by atoms with van der Waals surface area (Å²) in [5, 5.41) is 2.87. The Labute approximate surface area is 133 Å². The number of hydrogen-bond acceptors (Lipinski definition) is 3. The maximum atomic E-state index is 11.8. The Bertz CT molecular complexity index is 502. The second-order valence-corrected chi connectivity index (χ2v) is 5.36. The van der Waals surface area contributed by atoms with E-state index in [2.05, 4.69) is 26.2 Å². The minimum atomic E-state index is -0.00564. The molecule has 0 aliphatic heterocycles. The zero-order chi connectivity index (χ0) is 15.7. The van der Waals surface area contributed by atoms with Gasteiger partial charge in [0.15, 0.2) is 5.96 Å². The van der Waals surface area contributed by atoms with E-state index in [1.807, 2.05) is 18.2 Å². The molecule has 1 aromatic carbocycles. The Morgan fingerprint density at radius 2 is 2.14 bits per heavy atom. The van der Waals surface area contributed by atoms with Gasteiger partial charge in [-0.3, -0.25) is 9.79 Å². The highest BCUT2D eigenvalue weighted by Crippen LogP contribution is 2.25. The maximum Gasteiger partial charge on any atom is 0.224 e. The molecule has 0 radical (unpaired) electrons. The monoisotopic (exact) mass is 356 g/mol. The van der Waals surface area contributed by atoms with Gasteiger partial charge in [-0.15, -0.1) is 0 Å². The van der Waals surface area contributed by atoms with Crippen LogP contribution in [0.5, 0.6) is 5.75 Å². The van der Waals surface area contributed by atoms with Crippen LogP contribution in [0, 0.1) is 0 Å². The zero-order valence-corrected chi connectivity index (χ0v) is 13.6. The van der Waals surface area contributed by atoms with Gasteiger partial charge in [0.1, 0.15) is 5.75 Å². The number of unbranched alkanes of at least 4 members (excludes halogenated alkanes) is 1. The highest BCUT2D eigenvalue weighted by molar-refractivity contribution is 9.10. The number of amides is 1. The summed E-state index contributed by atoms with van der Waals surface area (Å²) in [7, 11) is 1.61. The lowest BCUT2D eigenvalue weighted by atomic mass is 10.1. The molecule has 7 heteroatoms. The summed E-state index contributed by atoms with van der Waals surface area (Å²) in [5.41, 5.74) is 11.4. The minimum Gasteiger partial charge on any atom is -0.496 e. The summed E-state index contributed by atoms with van der Waals surface area (Å²) in [6.07, 6.45) is 2.03. The lowest BCUT2D eigenvalue weighted by molar-refractivity contribution is -0.120. The van der Waals surface area contributed by atoms with E-state index in [1.54, 1.807) is 7.11 Å². The Balaban J connectivity index is 2.27. The fourth-order valence-corrected chi connectivity index (χ4v) is 2.33. The molecular weight excluding hydrogens is 336 g/mol. The second-order valence-electron chi connectivity index (χ2n) is 4.51. The van der Waals surface area contributed by atoms with Gasteiger partial charge in [0.2, 0.25) is 5.91 Å². The molecule has 0 aliphatic rings. The summed E-state index contributed by atoms with van der Waals surface area (Å²) in [4.78, 5) is 15.7. The van der Waals surface area contributed by atoms with E-state index < -0.39 is 0 Å². The number of nitrogens with two attached hydrogens (primary N) is 2. The molecule has 0 spiro atoms. The molecule has 0 unspecified atom stereocenters. The van der Waals surface area contributed by atoms with E-state index in [1.165, 1.54) is 0 Å². The van der Waals surface area contributed by atoms with Crippen LogP contribution in [0.3, 0.4) is 0 Å². The molecule has 0 saturated carbocycles. The minimum absolute atomic E-state index is 0.00564. The molecular formula is C14H21BrN4O2. The molecule has 0 fully saturated rings. The number of ether oxygens (including phenoxy) is 1. The molecule has 21 heavy (non-hydrogen) atoms. The van der Waals surface area contributed by atoms with Crippen molar-refractivity contribution in [2.24, 2.45) is 16.5 Å². The van der Waals surface area contributed by atoms with Crippen molar-refractivity contribution in [1.82, 2.24) is 5.32 Å². The number of methoxy groups -OCH3 is 1. The molecule has 6 nitrogen and oxygen atoms in total. The van der Waals surface area contributed by atoms with Crippen LogP contribution in [-0.4, -0.2) is 32.1 Å². The first kappa shape index (κ1) is 17.3. The number of nitrogens with one attached hydrogen (secondary N) is 1. The van der Waals surface area contributed by atoms with Crippen molar-refractivity contribution in [1.29, 1.82) is 0 Å². The number of hydrogen-bond donors (Lipinski definition) is 3. The van der Waals surface area contributed by atoms with E-state index in [-0.39, 0.29) is 11.9 Å². The Morgan fingerprint density at radius 1 is 1.38 bits per heavy atom. The molecule has 0 aliphatic carbocycles. The second kappa shape index (κ2) is 9.23. The fourth-order valence-electron chi connectivity index (χ4n) is 1.74. The topological polar surface area (TPSA) is 103 Å². The molecule has 1 rings (SSSR count). The quantitative estimate of drug-likeness (QED) is 0.369. The number of halogens is 1. The van der Waals surface area contributed by atoms with E-state index in [9.17, 15) is 4.79 Å². The molecule has 0 bridgehead atoms. The van der Waals surface area contributed by atoms with Crippen molar-refractivity contribution in [3.8, 4) is 5.75 Å². The van der Waals surface area contributed by atoms with Crippen molar-refractivity contribution in [2.45, 2.75) is 19.3 Å². The first-order chi connectivity index (χ1) is 10.0. The standard InChI is InChI=1S/C14H21BrN4O2/c1-21-12-5-4-10(8-11(12)15)9-13(20)18-6-2-3-7-19-14(16)17/h4-5,8H,2-3,6-7,9H2,1H3,(H,18,20)(H4,16,17,19). The van der Waals surface area contributed by atoms with Crippen LogP contribution in [-0.2, 0) is 11.2 Å². The summed E-state index contributed by atoms with van der Waals surface area (Å²) in [6.45, 7) is 1.21. The van der Waals surface area contributed by atoms with Gasteiger partial charge >= 0.3 is 0 Å². The lowest BCUT2D eigenvalue weighted by Gasteiger charge is -2.07. The van der Waals surface area contributed by atoms with Crippen molar-refractivity contribution < 1.29 is 9.53 Å². The van der Waals surface area contributed by atoms with E-state index >= 15 is 0 Å². The van der Waals surface area contributed by atoms with Crippen LogP contribution in [0.2, 0.25) is 0 Å². The maximum absolute atomic E-state index is 11.8. The Hall–Kier alpha value is -1.76. The molecule has 0 saturated heterocycles. The predicted octanol–water partition coefficient (Wildman–Crippen LogP) is 1.17. The molecule has 1 amide bonds. The number of carbonyl (C=O) groups excluding carboxylic acids is 1. The normalized spacial score (nSPS) is 10.0. The van der Waals surface area contributed by atoms with Gasteiger partial charge in [-0.1, -0.05) is 6.07 Å². The van der Waals surface area contributed by atoms with Gasteiger partial charge in [0.25, 0.3) is 0 Å². The summed E-state index contributed by atoms with van der Waals surface area (Å²) in [6, 6.07) is 5.60. The number of carbonyl (C=O) groups is 1. The Morgan fingerprint density at radius 3 is 2.76 bits per heavy atom. The van der Waals surface area contributed by atoms with Crippen LogP contribution in [0.15, 0.2) is 27.7 Å². The third-order valence-electron chi connectivity index (χ3n) is 2.78.